The average Bonchev–Trinajstić information content (AvgIpc) is 3.22. The summed E-state index contributed by atoms with van der Waals surface area (Å²) in [5, 5.41) is 0. The minimum atomic E-state index is -0.774. The molecule has 0 fully saturated rings. The molecule has 6 heteroatoms. The van der Waals surface area contributed by atoms with Crippen LogP contribution >= 0.6 is 0 Å². The molecular formula is C52H94O6. The molecule has 0 N–H and O–H groups in total. The Morgan fingerprint density at radius 1 is 0.345 bits per heavy atom. The second kappa shape index (κ2) is 47.3. The van der Waals surface area contributed by atoms with E-state index in [0.717, 1.165) is 83.5 Å². The van der Waals surface area contributed by atoms with E-state index < -0.39 is 6.10 Å². The maximum atomic E-state index is 12.7. The quantitative estimate of drug-likeness (QED) is 0.0264. The molecule has 0 saturated carbocycles. The molecule has 0 radical (unpaired) electrons. The zero-order chi connectivity index (χ0) is 42.3. The Morgan fingerprint density at radius 2 is 0.621 bits per heavy atom. The van der Waals surface area contributed by atoms with Crippen LogP contribution in [0.3, 0.4) is 0 Å². The SMILES string of the molecule is CCCCC/C=C\C/C=C\CCCCCCCC(=O)OC(COC(=O)CCCCCCCC)COC(=O)CCCCCCCCCCC/C=C\CCCCCCCC. The summed E-state index contributed by atoms with van der Waals surface area (Å²) in [7, 11) is 0. The number of unbranched alkanes of at least 4 members (excludes halogenated alkanes) is 28. The number of hydrogen-bond donors (Lipinski definition) is 0. The monoisotopic (exact) mass is 815 g/mol. The Labute approximate surface area is 359 Å². The van der Waals surface area contributed by atoms with Gasteiger partial charge < -0.3 is 14.2 Å². The lowest BCUT2D eigenvalue weighted by molar-refractivity contribution is -0.167. The molecule has 0 bridgehead atoms. The number of esters is 3. The summed E-state index contributed by atoms with van der Waals surface area (Å²) in [6.07, 6.45) is 54.3. The molecule has 0 spiro atoms. The Bertz CT molecular complexity index is 984. The highest BCUT2D eigenvalue weighted by atomic mass is 16.6. The first-order chi connectivity index (χ1) is 28.5. The summed E-state index contributed by atoms with van der Waals surface area (Å²) in [6, 6.07) is 0. The highest BCUT2D eigenvalue weighted by Crippen LogP contribution is 2.14. The molecule has 0 rings (SSSR count). The molecule has 0 aromatic heterocycles. The van der Waals surface area contributed by atoms with Crippen molar-refractivity contribution in [2.75, 3.05) is 13.2 Å². The van der Waals surface area contributed by atoms with Gasteiger partial charge in [0, 0.05) is 19.3 Å². The lowest BCUT2D eigenvalue weighted by Crippen LogP contribution is -2.30. The Balaban J connectivity index is 4.21. The fourth-order valence-electron chi connectivity index (χ4n) is 7.05. The van der Waals surface area contributed by atoms with Gasteiger partial charge in [0.2, 0.25) is 0 Å². The summed E-state index contributed by atoms with van der Waals surface area (Å²) in [5.41, 5.74) is 0. The van der Waals surface area contributed by atoms with Crippen molar-refractivity contribution in [1.82, 2.24) is 0 Å². The van der Waals surface area contributed by atoms with E-state index in [1.54, 1.807) is 0 Å². The van der Waals surface area contributed by atoms with Crippen LogP contribution in [-0.2, 0) is 28.6 Å². The Morgan fingerprint density at radius 3 is 1.00 bits per heavy atom. The molecule has 0 aliphatic rings. The van der Waals surface area contributed by atoms with Gasteiger partial charge in [-0.15, -0.1) is 0 Å². The Kier molecular flexibility index (Phi) is 45.4. The smallest absolute Gasteiger partial charge is 0.306 e. The summed E-state index contributed by atoms with van der Waals surface area (Å²) >= 11 is 0. The van der Waals surface area contributed by atoms with Crippen molar-refractivity contribution in [3.63, 3.8) is 0 Å². The van der Waals surface area contributed by atoms with Crippen LogP contribution in [0.25, 0.3) is 0 Å². The van der Waals surface area contributed by atoms with Crippen molar-refractivity contribution in [1.29, 1.82) is 0 Å². The molecule has 0 aromatic rings. The number of carbonyl (C=O) groups is 3. The average molecular weight is 815 g/mol. The van der Waals surface area contributed by atoms with Crippen molar-refractivity contribution in [3.8, 4) is 0 Å². The zero-order valence-electron chi connectivity index (χ0n) is 38.6. The lowest BCUT2D eigenvalue weighted by atomic mass is 10.1. The Hall–Kier alpha value is -2.37. The third-order valence-corrected chi connectivity index (χ3v) is 10.9. The molecule has 0 aliphatic carbocycles. The van der Waals surface area contributed by atoms with Crippen LogP contribution in [0.4, 0.5) is 0 Å². The minimum Gasteiger partial charge on any atom is -0.462 e. The van der Waals surface area contributed by atoms with Crippen LogP contribution in [-0.4, -0.2) is 37.2 Å². The van der Waals surface area contributed by atoms with Gasteiger partial charge in [-0.05, 0) is 77.0 Å². The van der Waals surface area contributed by atoms with Gasteiger partial charge in [0.05, 0.1) is 0 Å². The normalized spacial score (nSPS) is 12.3. The van der Waals surface area contributed by atoms with E-state index in [0.29, 0.717) is 19.3 Å². The maximum absolute atomic E-state index is 12.7. The number of carbonyl (C=O) groups excluding carboxylic acids is 3. The van der Waals surface area contributed by atoms with Crippen LogP contribution in [0, 0.1) is 0 Å². The summed E-state index contributed by atoms with van der Waals surface area (Å²) in [4.78, 5) is 37.7. The van der Waals surface area contributed by atoms with Gasteiger partial charge in [-0.2, -0.15) is 0 Å². The first-order valence-corrected chi connectivity index (χ1v) is 25.0. The van der Waals surface area contributed by atoms with Crippen molar-refractivity contribution < 1.29 is 28.6 Å². The van der Waals surface area contributed by atoms with Crippen LogP contribution < -0.4 is 0 Å². The lowest BCUT2D eigenvalue weighted by Gasteiger charge is -2.18. The third-order valence-electron chi connectivity index (χ3n) is 10.9. The molecule has 0 aliphatic heterocycles. The molecular weight excluding hydrogens is 721 g/mol. The van der Waals surface area contributed by atoms with Gasteiger partial charge in [-0.25, -0.2) is 0 Å². The van der Waals surface area contributed by atoms with Crippen LogP contribution in [0.5, 0.6) is 0 Å². The van der Waals surface area contributed by atoms with E-state index in [9.17, 15) is 14.4 Å². The van der Waals surface area contributed by atoms with Gasteiger partial charge in [-0.3, -0.25) is 14.4 Å². The first-order valence-electron chi connectivity index (χ1n) is 25.0. The predicted octanol–water partition coefficient (Wildman–Crippen LogP) is 16.1. The highest BCUT2D eigenvalue weighted by Gasteiger charge is 2.19. The highest BCUT2D eigenvalue weighted by molar-refractivity contribution is 5.71. The van der Waals surface area contributed by atoms with Crippen molar-refractivity contribution in [2.45, 2.75) is 264 Å². The van der Waals surface area contributed by atoms with E-state index in [1.807, 2.05) is 0 Å². The molecule has 1 atom stereocenters. The number of hydrogen-bond acceptors (Lipinski definition) is 6. The van der Waals surface area contributed by atoms with Gasteiger partial charge >= 0.3 is 17.9 Å². The third kappa shape index (κ3) is 44.7. The largest absolute Gasteiger partial charge is 0.462 e. The fraction of sp³-hybridized carbons (Fsp3) is 0.827. The van der Waals surface area contributed by atoms with E-state index in [-0.39, 0.29) is 31.1 Å². The van der Waals surface area contributed by atoms with Crippen molar-refractivity contribution in [2.24, 2.45) is 0 Å². The minimum absolute atomic E-state index is 0.0774. The number of rotatable bonds is 45. The molecule has 338 valence electrons. The van der Waals surface area contributed by atoms with Crippen LogP contribution in [0.1, 0.15) is 258 Å². The topological polar surface area (TPSA) is 78.9 Å². The van der Waals surface area contributed by atoms with Gasteiger partial charge in [0.25, 0.3) is 0 Å². The second-order valence-electron chi connectivity index (χ2n) is 16.7. The van der Waals surface area contributed by atoms with Crippen LogP contribution in [0.15, 0.2) is 36.5 Å². The van der Waals surface area contributed by atoms with Crippen molar-refractivity contribution in [3.05, 3.63) is 36.5 Å². The van der Waals surface area contributed by atoms with Gasteiger partial charge in [-0.1, -0.05) is 198 Å². The molecule has 0 aromatic carbocycles. The summed E-state index contributed by atoms with van der Waals surface area (Å²) < 4.78 is 16.7. The molecule has 0 saturated heterocycles. The van der Waals surface area contributed by atoms with E-state index >= 15 is 0 Å². The molecule has 0 amide bonds. The zero-order valence-corrected chi connectivity index (χ0v) is 38.6. The number of allylic oxidation sites excluding steroid dienone is 6. The standard InChI is InChI=1S/C52H94O6/c1-4-7-10-13-16-18-20-22-24-25-26-27-29-30-32-34-36-39-42-45-51(54)57-48-49(47-56-50(53)44-41-38-15-12-9-6-3)58-52(55)46-43-40-37-35-33-31-28-23-21-19-17-14-11-8-5-2/h17,19,22-24,28,49H,4-16,18,20-21,25-27,29-48H2,1-3H3/b19-17-,24-22-,28-23-. The molecule has 0 heterocycles. The second-order valence-corrected chi connectivity index (χ2v) is 16.7. The fourth-order valence-corrected chi connectivity index (χ4v) is 7.05. The van der Waals surface area contributed by atoms with Crippen molar-refractivity contribution >= 4 is 17.9 Å². The first kappa shape index (κ1) is 55.6. The van der Waals surface area contributed by atoms with Gasteiger partial charge in [0.15, 0.2) is 6.10 Å². The summed E-state index contributed by atoms with van der Waals surface area (Å²) in [5.74, 6) is -0.897. The van der Waals surface area contributed by atoms with Gasteiger partial charge in [0.1, 0.15) is 13.2 Å². The molecule has 58 heavy (non-hydrogen) atoms. The summed E-state index contributed by atoms with van der Waals surface area (Å²) in [6.45, 7) is 6.55. The molecule has 1 unspecified atom stereocenters. The number of ether oxygens (including phenoxy) is 3. The van der Waals surface area contributed by atoms with E-state index in [1.165, 1.54) is 135 Å². The van der Waals surface area contributed by atoms with E-state index in [4.69, 9.17) is 14.2 Å². The maximum Gasteiger partial charge on any atom is 0.306 e. The molecule has 6 nitrogen and oxygen atoms in total. The van der Waals surface area contributed by atoms with E-state index in [2.05, 4.69) is 57.2 Å². The van der Waals surface area contributed by atoms with Crippen LogP contribution in [0.2, 0.25) is 0 Å². The predicted molar refractivity (Wildman–Crippen MR) is 247 cm³/mol.